The second-order valence-electron chi connectivity index (χ2n) is 7.76. The van der Waals surface area contributed by atoms with Crippen LogP contribution >= 0.6 is 0 Å². The number of carbonyl (C=O) groups is 2. The van der Waals surface area contributed by atoms with Gasteiger partial charge in [-0.25, -0.2) is 0 Å². The van der Waals surface area contributed by atoms with Crippen molar-refractivity contribution in [3.8, 4) is 11.5 Å². The zero-order chi connectivity index (χ0) is 23.7. The summed E-state index contributed by atoms with van der Waals surface area (Å²) in [6.07, 6.45) is 1.59. The molecule has 1 N–H and O–H groups in total. The molecule has 0 spiro atoms. The zero-order valence-corrected chi connectivity index (χ0v) is 18.8. The van der Waals surface area contributed by atoms with E-state index < -0.39 is 17.7 Å². The molecule has 0 saturated carbocycles. The highest BCUT2D eigenvalue weighted by Gasteiger charge is 2.48. The third-order valence-corrected chi connectivity index (χ3v) is 5.84. The molecule has 168 valence electrons. The molecular weight excluding hydrogens is 420 g/mol. The van der Waals surface area contributed by atoms with Crippen molar-refractivity contribution < 1.29 is 24.2 Å². The number of anilines is 1. The second kappa shape index (κ2) is 8.78. The lowest BCUT2D eigenvalue weighted by Gasteiger charge is -2.25. The molecule has 1 unspecified atom stereocenters. The summed E-state index contributed by atoms with van der Waals surface area (Å²) in [6, 6.07) is 14.7. The van der Waals surface area contributed by atoms with Crippen molar-refractivity contribution in [3.63, 3.8) is 0 Å². The summed E-state index contributed by atoms with van der Waals surface area (Å²) in [7, 11) is 2.96. The van der Waals surface area contributed by atoms with Crippen molar-refractivity contribution in [2.45, 2.75) is 19.9 Å². The normalized spacial score (nSPS) is 17.3. The van der Waals surface area contributed by atoms with Gasteiger partial charge in [0.05, 0.1) is 31.1 Å². The molecule has 0 aliphatic carbocycles. The topological polar surface area (TPSA) is 89.0 Å². The second-order valence-corrected chi connectivity index (χ2v) is 7.76. The number of carbonyl (C=O) groups excluding carboxylic acids is 2. The maximum Gasteiger partial charge on any atom is 0.300 e. The van der Waals surface area contributed by atoms with Crippen molar-refractivity contribution in [2.75, 3.05) is 19.1 Å². The molecule has 1 saturated heterocycles. The highest BCUT2D eigenvalue weighted by atomic mass is 16.5. The molecule has 1 atom stereocenters. The lowest BCUT2D eigenvalue weighted by atomic mass is 9.97. The number of nitrogens with zero attached hydrogens (tertiary/aromatic N) is 2. The number of hydrogen-bond acceptors (Lipinski definition) is 6. The predicted octanol–water partition coefficient (Wildman–Crippen LogP) is 4.34. The molecule has 2 heterocycles. The molecule has 1 aliphatic heterocycles. The van der Waals surface area contributed by atoms with Crippen molar-refractivity contribution in [3.05, 3.63) is 88.8 Å². The van der Waals surface area contributed by atoms with Crippen LogP contribution in [0.15, 0.2) is 66.4 Å². The molecular formula is C26H24N2O5. The van der Waals surface area contributed by atoms with Gasteiger partial charge in [-0.05, 0) is 67.4 Å². The van der Waals surface area contributed by atoms with E-state index in [1.54, 1.807) is 48.7 Å². The Labute approximate surface area is 191 Å². The van der Waals surface area contributed by atoms with Crippen LogP contribution in [0.25, 0.3) is 5.76 Å². The molecule has 0 bridgehead atoms. The van der Waals surface area contributed by atoms with Crippen LogP contribution in [-0.4, -0.2) is 36.0 Å². The van der Waals surface area contributed by atoms with E-state index in [0.29, 0.717) is 22.9 Å². The predicted molar refractivity (Wildman–Crippen MR) is 124 cm³/mol. The van der Waals surface area contributed by atoms with Gasteiger partial charge >= 0.3 is 0 Å². The van der Waals surface area contributed by atoms with Crippen molar-refractivity contribution >= 4 is 23.1 Å². The maximum absolute atomic E-state index is 13.3. The Balaban J connectivity index is 1.98. The van der Waals surface area contributed by atoms with Crippen LogP contribution in [0.5, 0.6) is 11.5 Å². The molecule has 3 aromatic rings. The van der Waals surface area contributed by atoms with Crippen molar-refractivity contribution in [1.82, 2.24) is 4.98 Å². The molecule has 7 heteroatoms. The number of aryl methyl sites for hydroxylation is 2. The number of pyridine rings is 1. The highest BCUT2D eigenvalue weighted by molar-refractivity contribution is 6.51. The van der Waals surface area contributed by atoms with Crippen LogP contribution in [0.1, 0.15) is 28.4 Å². The van der Waals surface area contributed by atoms with E-state index in [1.807, 2.05) is 26.0 Å². The van der Waals surface area contributed by atoms with Gasteiger partial charge in [-0.3, -0.25) is 19.5 Å². The Morgan fingerprint density at radius 1 is 0.970 bits per heavy atom. The fourth-order valence-corrected chi connectivity index (χ4v) is 3.94. The van der Waals surface area contributed by atoms with Gasteiger partial charge in [-0.15, -0.1) is 0 Å². The first-order valence-electron chi connectivity index (χ1n) is 10.4. The van der Waals surface area contributed by atoms with Crippen LogP contribution in [-0.2, 0) is 9.59 Å². The van der Waals surface area contributed by atoms with Gasteiger partial charge in [0.1, 0.15) is 23.3 Å². The minimum atomic E-state index is -0.913. The average molecular weight is 444 g/mol. The van der Waals surface area contributed by atoms with Gasteiger partial charge in [0.15, 0.2) is 0 Å². The van der Waals surface area contributed by atoms with E-state index in [9.17, 15) is 14.7 Å². The SMILES string of the molecule is COc1ccc(OC)c(/C(O)=C2\C(=O)C(=O)N(c3ccc(C)c(C)c3)C2c2ccccn2)c1. The molecule has 33 heavy (non-hydrogen) atoms. The number of benzene rings is 2. The quantitative estimate of drug-likeness (QED) is 0.358. The summed E-state index contributed by atoms with van der Waals surface area (Å²) >= 11 is 0. The Morgan fingerprint density at radius 3 is 2.39 bits per heavy atom. The summed E-state index contributed by atoms with van der Waals surface area (Å²) in [5.74, 6) is -1.09. The number of ketones is 1. The van der Waals surface area contributed by atoms with Crippen LogP contribution in [0.3, 0.4) is 0 Å². The molecule has 1 amide bonds. The summed E-state index contributed by atoms with van der Waals surface area (Å²) in [6.45, 7) is 3.91. The minimum absolute atomic E-state index is 0.0662. The molecule has 4 rings (SSSR count). The van der Waals surface area contributed by atoms with E-state index >= 15 is 0 Å². The zero-order valence-electron chi connectivity index (χ0n) is 18.8. The number of ether oxygens (including phenoxy) is 2. The molecule has 1 aliphatic rings. The van der Waals surface area contributed by atoms with Gasteiger partial charge < -0.3 is 14.6 Å². The maximum atomic E-state index is 13.3. The van der Waals surface area contributed by atoms with E-state index in [1.165, 1.54) is 19.1 Å². The van der Waals surface area contributed by atoms with Gasteiger partial charge in [-0.1, -0.05) is 12.1 Å². The number of hydrogen-bond donors (Lipinski definition) is 1. The number of rotatable bonds is 5. The van der Waals surface area contributed by atoms with Gasteiger partial charge in [0.2, 0.25) is 0 Å². The van der Waals surface area contributed by atoms with Crippen molar-refractivity contribution in [1.29, 1.82) is 0 Å². The Bertz CT molecular complexity index is 1270. The summed E-state index contributed by atoms with van der Waals surface area (Å²) < 4.78 is 10.7. The third-order valence-electron chi connectivity index (χ3n) is 5.84. The highest BCUT2D eigenvalue weighted by Crippen LogP contribution is 2.43. The summed E-state index contributed by atoms with van der Waals surface area (Å²) in [5.41, 5.74) is 3.22. The summed E-state index contributed by atoms with van der Waals surface area (Å²) in [4.78, 5) is 32.3. The van der Waals surface area contributed by atoms with E-state index in [0.717, 1.165) is 11.1 Å². The molecule has 0 radical (unpaired) electrons. The van der Waals surface area contributed by atoms with E-state index in [2.05, 4.69) is 4.98 Å². The summed E-state index contributed by atoms with van der Waals surface area (Å²) in [5, 5.41) is 11.4. The number of aliphatic hydroxyl groups is 1. The lowest BCUT2D eigenvalue weighted by Crippen LogP contribution is -2.29. The fourth-order valence-electron chi connectivity index (χ4n) is 3.94. The van der Waals surface area contributed by atoms with Crippen molar-refractivity contribution in [2.24, 2.45) is 0 Å². The number of amides is 1. The fraction of sp³-hybridized carbons (Fsp3) is 0.192. The minimum Gasteiger partial charge on any atom is -0.507 e. The van der Waals surface area contributed by atoms with Crippen LogP contribution in [0.4, 0.5) is 5.69 Å². The number of aromatic nitrogens is 1. The van der Waals surface area contributed by atoms with Crippen LogP contribution in [0, 0.1) is 13.8 Å². The first kappa shape index (κ1) is 22.1. The third kappa shape index (κ3) is 3.82. The van der Waals surface area contributed by atoms with E-state index in [-0.39, 0.29) is 16.9 Å². The van der Waals surface area contributed by atoms with Gasteiger partial charge in [0.25, 0.3) is 11.7 Å². The van der Waals surface area contributed by atoms with Gasteiger partial charge in [0, 0.05) is 11.9 Å². The van der Waals surface area contributed by atoms with Crippen LogP contribution < -0.4 is 14.4 Å². The number of Topliss-reactive ketones (excluding diaryl/α,β-unsaturated/α-hetero) is 1. The molecule has 1 aromatic heterocycles. The Hall–Kier alpha value is -4.13. The smallest absolute Gasteiger partial charge is 0.300 e. The van der Waals surface area contributed by atoms with Gasteiger partial charge in [-0.2, -0.15) is 0 Å². The molecule has 2 aromatic carbocycles. The molecule has 7 nitrogen and oxygen atoms in total. The average Bonchev–Trinajstić information content (AvgIpc) is 3.11. The standard InChI is InChI=1S/C26H24N2O5/c1-15-8-9-17(13-16(15)2)28-23(20-7-5-6-12-27-20)22(25(30)26(28)31)24(29)19-14-18(32-3)10-11-21(19)33-4/h5-14,23,29H,1-4H3/b24-22+. The monoisotopic (exact) mass is 444 g/mol. The first-order valence-corrected chi connectivity index (χ1v) is 10.4. The number of aliphatic hydroxyl groups excluding tert-OH is 1. The first-order chi connectivity index (χ1) is 15.9. The largest absolute Gasteiger partial charge is 0.507 e. The molecule has 1 fully saturated rings. The Morgan fingerprint density at radius 2 is 1.76 bits per heavy atom. The van der Waals surface area contributed by atoms with Crippen LogP contribution in [0.2, 0.25) is 0 Å². The number of methoxy groups -OCH3 is 2. The Kier molecular flexibility index (Phi) is 5.87. The van der Waals surface area contributed by atoms with E-state index in [4.69, 9.17) is 9.47 Å². The lowest BCUT2D eigenvalue weighted by molar-refractivity contribution is -0.132.